The number of piperazine rings is 1. The topological polar surface area (TPSA) is 32.5 Å². The number of unbranched alkanes of at least 4 members (excludes halogenated alkanes) is 4. The molecule has 0 aromatic carbocycles. The fourth-order valence-corrected chi connectivity index (χ4v) is 3.71. The van der Waals surface area contributed by atoms with Gasteiger partial charge in [0.05, 0.1) is 0 Å². The van der Waals surface area contributed by atoms with Gasteiger partial charge < -0.3 is 5.73 Å². The molecule has 0 aromatic rings. The van der Waals surface area contributed by atoms with E-state index in [0.29, 0.717) is 0 Å². The van der Waals surface area contributed by atoms with E-state index in [1.165, 1.54) is 77.5 Å². The second kappa shape index (κ2) is 8.23. The zero-order valence-corrected chi connectivity index (χ0v) is 12.8. The molecular formula is C16H33N3. The summed E-state index contributed by atoms with van der Waals surface area (Å²) in [5.41, 5.74) is 5.53. The Bertz CT molecular complexity index is 244. The van der Waals surface area contributed by atoms with Gasteiger partial charge in [-0.15, -0.1) is 0 Å². The van der Waals surface area contributed by atoms with Crippen LogP contribution >= 0.6 is 0 Å². The van der Waals surface area contributed by atoms with E-state index in [2.05, 4.69) is 16.7 Å². The lowest BCUT2D eigenvalue weighted by Gasteiger charge is -2.47. The Balaban J connectivity index is 1.63. The number of nitrogens with zero attached hydrogens (tertiary/aromatic N) is 2. The van der Waals surface area contributed by atoms with Crippen molar-refractivity contribution in [1.82, 2.24) is 9.80 Å². The molecule has 2 atom stereocenters. The van der Waals surface area contributed by atoms with Crippen LogP contribution in [-0.2, 0) is 0 Å². The number of rotatable bonds is 7. The highest BCUT2D eigenvalue weighted by Crippen LogP contribution is 2.24. The first kappa shape index (κ1) is 15.3. The molecule has 2 unspecified atom stereocenters. The van der Waals surface area contributed by atoms with Gasteiger partial charge >= 0.3 is 0 Å². The van der Waals surface area contributed by atoms with Crippen LogP contribution in [0.15, 0.2) is 0 Å². The van der Waals surface area contributed by atoms with E-state index in [0.717, 1.165) is 18.6 Å². The van der Waals surface area contributed by atoms with Crippen molar-refractivity contribution in [1.29, 1.82) is 0 Å². The van der Waals surface area contributed by atoms with Crippen LogP contribution in [0.25, 0.3) is 0 Å². The summed E-state index contributed by atoms with van der Waals surface area (Å²) >= 11 is 0. The molecule has 2 fully saturated rings. The molecule has 19 heavy (non-hydrogen) atoms. The molecule has 0 aromatic heterocycles. The average molecular weight is 267 g/mol. The van der Waals surface area contributed by atoms with E-state index in [9.17, 15) is 0 Å². The lowest BCUT2D eigenvalue weighted by atomic mass is 9.97. The fraction of sp³-hybridized carbons (Fsp3) is 1.00. The molecule has 0 amide bonds. The van der Waals surface area contributed by atoms with Gasteiger partial charge in [-0.25, -0.2) is 0 Å². The smallest absolute Gasteiger partial charge is 0.0223 e. The second-order valence-corrected chi connectivity index (χ2v) is 6.54. The molecule has 0 aliphatic carbocycles. The summed E-state index contributed by atoms with van der Waals surface area (Å²) in [5, 5.41) is 0. The third kappa shape index (κ3) is 4.73. The Morgan fingerprint density at radius 2 is 1.79 bits per heavy atom. The van der Waals surface area contributed by atoms with E-state index in [1.54, 1.807) is 0 Å². The number of hydrogen-bond donors (Lipinski definition) is 1. The molecule has 0 bridgehead atoms. The quantitative estimate of drug-likeness (QED) is 0.719. The molecule has 2 saturated heterocycles. The van der Waals surface area contributed by atoms with Gasteiger partial charge in [0.25, 0.3) is 0 Å². The third-order valence-corrected chi connectivity index (χ3v) is 4.97. The largest absolute Gasteiger partial charge is 0.330 e. The summed E-state index contributed by atoms with van der Waals surface area (Å²) in [6.07, 6.45) is 11.0. The van der Waals surface area contributed by atoms with E-state index in [1.807, 2.05) is 0 Å². The SMILES string of the molecule is CC1CN2CCCCC2CN1CCCCCCCN. The monoisotopic (exact) mass is 267 g/mol. The lowest BCUT2D eigenvalue weighted by Crippen LogP contribution is -2.58. The standard InChI is InChI=1S/C16H33N3/c1-15-13-19-12-8-5-9-16(19)14-18(15)11-7-4-2-3-6-10-17/h15-16H,2-14,17H2,1H3. The first-order valence-electron chi connectivity index (χ1n) is 8.49. The Morgan fingerprint density at radius 1 is 1.00 bits per heavy atom. The maximum absolute atomic E-state index is 5.53. The Kier molecular flexibility index (Phi) is 6.62. The summed E-state index contributed by atoms with van der Waals surface area (Å²) < 4.78 is 0. The van der Waals surface area contributed by atoms with Crippen LogP contribution in [-0.4, -0.2) is 54.6 Å². The minimum Gasteiger partial charge on any atom is -0.330 e. The zero-order valence-electron chi connectivity index (χ0n) is 12.8. The number of fused-ring (bicyclic) bond motifs is 1. The molecule has 2 rings (SSSR count). The summed E-state index contributed by atoms with van der Waals surface area (Å²) in [4.78, 5) is 5.49. The van der Waals surface area contributed by atoms with Gasteiger partial charge in [0.1, 0.15) is 0 Å². The molecular weight excluding hydrogens is 234 g/mol. The summed E-state index contributed by atoms with van der Waals surface area (Å²) in [7, 11) is 0. The number of hydrogen-bond acceptors (Lipinski definition) is 3. The van der Waals surface area contributed by atoms with Gasteiger partial charge in [-0.1, -0.05) is 25.7 Å². The van der Waals surface area contributed by atoms with E-state index in [4.69, 9.17) is 5.73 Å². The Hall–Kier alpha value is -0.120. The lowest BCUT2D eigenvalue weighted by molar-refractivity contribution is 0.0146. The molecule has 2 aliphatic heterocycles. The molecule has 0 spiro atoms. The maximum atomic E-state index is 5.53. The minimum atomic E-state index is 0.762. The third-order valence-electron chi connectivity index (χ3n) is 4.97. The normalized spacial score (nSPS) is 29.4. The van der Waals surface area contributed by atoms with Crippen LogP contribution in [0.4, 0.5) is 0 Å². The Labute approximate surface area is 119 Å². The Morgan fingerprint density at radius 3 is 2.63 bits per heavy atom. The van der Waals surface area contributed by atoms with Crippen LogP contribution in [0.2, 0.25) is 0 Å². The van der Waals surface area contributed by atoms with Crippen molar-refractivity contribution in [2.24, 2.45) is 5.73 Å². The van der Waals surface area contributed by atoms with Crippen LogP contribution in [0.1, 0.15) is 58.3 Å². The number of nitrogens with two attached hydrogens (primary N) is 1. The second-order valence-electron chi connectivity index (χ2n) is 6.54. The van der Waals surface area contributed by atoms with E-state index in [-0.39, 0.29) is 0 Å². The fourth-order valence-electron chi connectivity index (χ4n) is 3.71. The molecule has 3 heteroatoms. The summed E-state index contributed by atoms with van der Waals surface area (Å²) in [6.45, 7) is 8.57. The van der Waals surface area contributed by atoms with Crippen molar-refractivity contribution in [3.8, 4) is 0 Å². The van der Waals surface area contributed by atoms with E-state index < -0.39 is 0 Å². The first-order chi connectivity index (χ1) is 9.31. The zero-order chi connectivity index (χ0) is 13.5. The predicted octanol–water partition coefficient (Wildman–Crippen LogP) is 2.45. The van der Waals surface area contributed by atoms with Gasteiger partial charge in [-0.05, 0) is 52.2 Å². The molecule has 0 radical (unpaired) electrons. The molecule has 2 N–H and O–H groups in total. The molecule has 2 heterocycles. The summed E-state index contributed by atoms with van der Waals surface area (Å²) in [6, 6.07) is 1.63. The molecule has 0 saturated carbocycles. The van der Waals surface area contributed by atoms with Gasteiger partial charge in [0.15, 0.2) is 0 Å². The van der Waals surface area contributed by atoms with Crippen molar-refractivity contribution >= 4 is 0 Å². The number of piperidine rings is 1. The van der Waals surface area contributed by atoms with Gasteiger partial charge in [0, 0.05) is 25.2 Å². The van der Waals surface area contributed by atoms with Crippen molar-refractivity contribution in [2.75, 3.05) is 32.7 Å². The highest BCUT2D eigenvalue weighted by atomic mass is 15.3. The highest BCUT2D eigenvalue weighted by molar-refractivity contribution is 4.88. The minimum absolute atomic E-state index is 0.762. The van der Waals surface area contributed by atoms with Crippen LogP contribution in [0.5, 0.6) is 0 Å². The molecule has 3 nitrogen and oxygen atoms in total. The van der Waals surface area contributed by atoms with Crippen LogP contribution < -0.4 is 5.73 Å². The first-order valence-corrected chi connectivity index (χ1v) is 8.49. The average Bonchev–Trinajstić information content (AvgIpc) is 2.43. The maximum Gasteiger partial charge on any atom is 0.0223 e. The van der Waals surface area contributed by atoms with Gasteiger partial charge in [-0.3, -0.25) is 9.80 Å². The highest BCUT2D eigenvalue weighted by Gasteiger charge is 2.32. The van der Waals surface area contributed by atoms with Crippen molar-refractivity contribution in [2.45, 2.75) is 70.4 Å². The predicted molar refractivity (Wildman–Crippen MR) is 82.4 cm³/mol. The molecule has 2 aliphatic rings. The van der Waals surface area contributed by atoms with Crippen LogP contribution in [0, 0.1) is 0 Å². The van der Waals surface area contributed by atoms with Crippen molar-refractivity contribution in [3.05, 3.63) is 0 Å². The van der Waals surface area contributed by atoms with Gasteiger partial charge in [0.2, 0.25) is 0 Å². The van der Waals surface area contributed by atoms with Crippen LogP contribution in [0.3, 0.4) is 0 Å². The molecule has 112 valence electrons. The van der Waals surface area contributed by atoms with E-state index >= 15 is 0 Å². The van der Waals surface area contributed by atoms with Crippen molar-refractivity contribution < 1.29 is 0 Å². The summed E-state index contributed by atoms with van der Waals surface area (Å²) in [5.74, 6) is 0. The van der Waals surface area contributed by atoms with Crippen molar-refractivity contribution in [3.63, 3.8) is 0 Å². The van der Waals surface area contributed by atoms with Gasteiger partial charge in [-0.2, -0.15) is 0 Å².